The predicted octanol–water partition coefficient (Wildman–Crippen LogP) is 2.61. The molecule has 1 unspecified atom stereocenters. The normalized spacial score (nSPS) is 19.4. The lowest BCUT2D eigenvalue weighted by Crippen LogP contribution is -2.43. The number of rotatable bonds is 6. The molecular weight excluding hydrogens is 455 g/mol. The van der Waals surface area contributed by atoms with Crippen LogP contribution in [0.4, 0.5) is 0 Å². The van der Waals surface area contributed by atoms with Crippen molar-refractivity contribution in [3.05, 3.63) is 29.8 Å². The number of amides is 1. The van der Waals surface area contributed by atoms with Crippen molar-refractivity contribution < 1.29 is 9.53 Å². The quantitative estimate of drug-likeness (QED) is 0.329. The maximum absolute atomic E-state index is 12.1. The monoisotopic (exact) mass is 486 g/mol. The molecule has 1 aromatic carbocycles. The lowest BCUT2D eigenvalue weighted by molar-refractivity contribution is -0.120. The number of nitrogens with zero attached hydrogens (tertiary/aromatic N) is 1. The van der Waals surface area contributed by atoms with E-state index < -0.39 is 0 Å². The van der Waals surface area contributed by atoms with Crippen LogP contribution in [0, 0.1) is 0 Å². The van der Waals surface area contributed by atoms with Gasteiger partial charge in [0.15, 0.2) is 5.96 Å². The number of halogens is 1. The van der Waals surface area contributed by atoms with E-state index in [1.54, 1.807) is 0 Å². The van der Waals surface area contributed by atoms with Gasteiger partial charge in [0, 0.05) is 19.0 Å². The third kappa shape index (κ3) is 6.86. The van der Waals surface area contributed by atoms with E-state index in [2.05, 4.69) is 27.0 Å². The van der Waals surface area contributed by atoms with E-state index >= 15 is 0 Å². The van der Waals surface area contributed by atoms with Crippen molar-refractivity contribution in [1.82, 2.24) is 16.0 Å². The van der Waals surface area contributed by atoms with Crippen molar-refractivity contribution in [1.29, 1.82) is 0 Å². The SMILES string of the molecule is CCNC(=NCC(=O)NC1CCCCC1)NCC1Cc2ccccc2O1.I. The Hall–Kier alpha value is -1.51. The zero-order chi connectivity index (χ0) is 18.2. The second-order valence-corrected chi connectivity index (χ2v) is 7.03. The minimum Gasteiger partial charge on any atom is -0.488 e. The Morgan fingerprint density at radius 1 is 1.19 bits per heavy atom. The summed E-state index contributed by atoms with van der Waals surface area (Å²) < 4.78 is 5.94. The molecule has 27 heavy (non-hydrogen) atoms. The van der Waals surface area contributed by atoms with E-state index in [0.29, 0.717) is 18.5 Å². The van der Waals surface area contributed by atoms with Crippen LogP contribution in [0.15, 0.2) is 29.3 Å². The molecule has 7 heteroatoms. The smallest absolute Gasteiger partial charge is 0.242 e. The Kier molecular flexibility index (Phi) is 9.17. The summed E-state index contributed by atoms with van der Waals surface area (Å²) in [5, 5.41) is 9.58. The number of benzene rings is 1. The molecule has 2 aliphatic rings. The number of nitrogens with one attached hydrogen (secondary N) is 3. The molecule has 1 saturated carbocycles. The van der Waals surface area contributed by atoms with Crippen molar-refractivity contribution >= 4 is 35.8 Å². The molecule has 1 heterocycles. The average Bonchev–Trinajstić information content (AvgIpc) is 3.08. The van der Waals surface area contributed by atoms with E-state index in [1.165, 1.54) is 24.8 Å². The molecule has 0 aromatic heterocycles. The topological polar surface area (TPSA) is 74.8 Å². The van der Waals surface area contributed by atoms with Crippen LogP contribution in [0.3, 0.4) is 0 Å². The first kappa shape index (κ1) is 21.8. The fourth-order valence-electron chi connectivity index (χ4n) is 3.59. The number of carbonyl (C=O) groups excluding carboxylic acids is 1. The van der Waals surface area contributed by atoms with Gasteiger partial charge in [-0.2, -0.15) is 0 Å². The molecule has 1 fully saturated rings. The summed E-state index contributed by atoms with van der Waals surface area (Å²) in [6.07, 6.45) is 6.87. The van der Waals surface area contributed by atoms with Crippen LogP contribution < -0.4 is 20.7 Å². The molecule has 1 atom stereocenters. The van der Waals surface area contributed by atoms with Gasteiger partial charge in [-0.05, 0) is 31.4 Å². The molecule has 1 amide bonds. The lowest BCUT2D eigenvalue weighted by atomic mass is 9.95. The van der Waals surface area contributed by atoms with E-state index in [1.807, 2.05) is 25.1 Å². The highest BCUT2D eigenvalue weighted by Gasteiger charge is 2.22. The van der Waals surface area contributed by atoms with Gasteiger partial charge >= 0.3 is 0 Å². The van der Waals surface area contributed by atoms with Crippen molar-refractivity contribution in [3.63, 3.8) is 0 Å². The van der Waals surface area contributed by atoms with Crippen molar-refractivity contribution in [3.8, 4) is 5.75 Å². The van der Waals surface area contributed by atoms with Crippen LogP contribution in [-0.2, 0) is 11.2 Å². The molecule has 1 aromatic rings. The molecule has 1 aliphatic carbocycles. The van der Waals surface area contributed by atoms with Crippen LogP contribution in [0.2, 0.25) is 0 Å². The molecule has 0 bridgehead atoms. The largest absolute Gasteiger partial charge is 0.488 e. The Bertz CT molecular complexity index is 607. The molecule has 0 spiro atoms. The van der Waals surface area contributed by atoms with Crippen LogP contribution in [0.5, 0.6) is 5.75 Å². The highest BCUT2D eigenvalue weighted by molar-refractivity contribution is 14.0. The fraction of sp³-hybridized carbons (Fsp3) is 0.600. The first-order valence-corrected chi connectivity index (χ1v) is 9.80. The summed E-state index contributed by atoms with van der Waals surface area (Å²) in [6, 6.07) is 8.46. The molecule has 3 rings (SSSR count). The Labute approximate surface area is 178 Å². The van der Waals surface area contributed by atoms with E-state index in [4.69, 9.17) is 4.74 Å². The fourth-order valence-corrected chi connectivity index (χ4v) is 3.59. The van der Waals surface area contributed by atoms with E-state index in [9.17, 15) is 4.79 Å². The first-order valence-electron chi connectivity index (χ1n) is 9.80. The summed E-state index contributed by atoms with van der Waals surface area (Å²) in [5.74, 6) is 1.62. The number of hydrogen-bond donors (Lipinski definition) is 3. The van der Waals surface area contributed by atoms with Gasteiger partial charge in [-0.15, -0.1) is 24.0 Å². The van der Waals surface area contributed by atoms with Gasteiger partial charge in [0.2, 0.25) is 5.91 Å². The van der Waals surface area contributed by atoms with Gasteiger partial charge < -0.3 is 20.7 Å². The summed E-state index contributed by atoms with van der Waals surface area (Å²) in [5.41, 5.74) is 1.24. The van der Waals surface area contributed by atoms with Gasteiger partial charge in [-0.25, -0.2) is 4.99 Å². The number of ether oxygens (including phenoxy) is 1. The molecule has 0 saturated heterocycles. The number of carbonyl (C=O) groups is 1. The third-order valence-electron chi connectivity index (χ3n) is 4.91. The summed E-state index contributed by atoms with van der Waals surface area (Å²) in [4.78, 5) is 16.5. The summed E-state index contributed by atoms with van der Waals surface area (Å²) in [6.45, 7) is 3.57. The molecule has 6 nitrogen and oxygen atoms in total. The predicted molar refractivity (Wildman–Crippen MR) is 119 cm³/mol. The Morgan fingerprint density at radius 2 is 1.96 bits per heavy atom. The molecule has 0 radical (unpaired) electrons. The maximum Gasteiger partial charge on any atom is 0.242 e. The standard InChI is InChI=1S/C20H30N4O2.HI/c1-2-21-20(23-14-19(25)24-16-9-4-3-5-10-16)22-13-17-12-15-8-6-7-11-18(15)26-17;/h6-8,11,16-17H,2-5,9-10,12-14H2,1H3,(H,24,25)(H2,21,22,23);1H. The Morgan fingerprint density at radius 3 is 2.70 bits per heavy atom. The highest BCUT2D eigenvalue weighted by Crippen LogP contribution is 2.27. The van der Waals surface area contributed by atoms with Gasteiger partial charge in [0.1, 0.15) is 18.4 Å². The third-order valence-corrected chi connectivity index (χ3v) is 4.91. The van der Waals surface area contributed by atoms with E-state index in [0.717, 1.165) is 31.6 Å². The Balaban J connectivity index is 0.00000261. The molecule has 1 aliphatic heterocycles. The molecular formula is C20H31IN4O2. The number of hydrogen-bond acceptors (Lipinski definition) is 3. The highest BCUT2D eigenvalue weighted by atomic mass is 127. The molecule has 3 N–H and O–H groups in total. The maximum atomic E-state index is 12.1. The zero-order valence-electron chi connectivity index (χ0n) is 16.0. The van der Waals surface area contributed by atoms with Gasteiger partial charge in [-0.1, -0.05) is 37.5 Å². The van der Waals surface area contributed by atoms with Crippen LogP contribution in [0.25, 0.3) is 0 Å². The van der Waals surface area contributed by atoms with Crippen LogP contribution in [0.1, 0.15) is 44.6 Å². The molecule has 150 valence electrons. The minimum atomic E-state index is -0.00127. The second-order valence-electron chi connectivity index (χ2n) is 7.03. The summed E-state index contributed by atoms with van der Waals surface area (Å²) in [7, 11) is 0. The van der Waals surface area contributed by atoms with Crippen LogP contribution in [-0.4, -0.2) is 43.6 Å². The first-order chi connectivity index (χ1) is 12.7. The van der Waals surface area contributed by atoms with Gasteiger partial charge in [0.25, 0.3) is 0 Å². The number of para-hydroxylation sites is 1. The average molecular weight is 486 g/mol. The van der Waals surface area contributed by atoms with E-state index in [-0.39, 0.29) is 42.5 Å². The number of fused-ring (bicyclic) bond motifs is 1. The van der Waals surface area contributed by atoms with Gasteiger partial charge in [0.05, 0.1) is 6.54 Å². The minimum absolute atomic E-state index is 0. The second kappa shape index (κ2) is 11.4. The van der Waals surface area contributed by atoms with Crippen molar-refractivity contribution in [2.75, 3.05) is 19.6 Å². The number of aliphatic imine (C=N–C) groups is 1. The van der Waals surface area contributed by atoms with Gasteiger partial charge in [-0.3, -0.25) is 4.79 Å². The number of guanidine groups is 1. The lowest BCUT2D eigenvalue weighted by Gasteiger charge is -2.22. The van der Waals surface area contributed by atoms with Crippen molar-refractivity contribution in [2.24, 2.45) is 4.99 Å². The van der Waals surface area contributed by atoms with Crippen molar-refractivity contribution in [2.45, 2.75) is 57.6 Å². The zero-order valence-corrected chi connectivity index (χ0v) is 18.3. The summed E-state index contributed by atoms with van der Waals surface area (Å²) >= 11 is 0. The van der Waals surface area contributed by atoms with Crippen LogP contribution >= 0.6 is 24.0 Å².